The van der Waals surface area contributed by atoms with E-state index in [0.29, 0.717) is 17.9 Å². The standard InChI is InChI=1S/C19H34N6O/c1-4-6-16-10-18(22-20-16)19(26)24-8-5-7-15(11-24)12-25-13-17(21-23-25)9-14(2)3/h13-16,18,20,22H,4-12H2,1-3H3. The molecule has 2 aliphatic rings. The first-order valence-corrected chi connectivity index (χ1v) is 10.2. The Morgan fingerprint density at radius 3 is 3.00 bits per heavy atom. The number of carbonyl (C=O) groups is 1. The third kappa shape index (κ3) is 5.04. The largest absolute Gasteiger partial charge is 0.341 e. The number of hydrogen-bond donors (Lipinski definition) is 2. The Hall–Kier alpha value is -1.47. The van der Waals surface area contributed by atoms with E-state index in [1.165, 1.54) is 0 Å². The van der Waals surface area contributed by atoms with E-state index in [1.54, 1.807) is 0 Å². The number of nitrogens with one attached hydrogen (secondary N) is 2. The van der Waals surface area contributed by atoms with Crippen molar-refractivity contribution in [2.24, 2.45) is 11.8 Å². The van der Waals surface area contributed by atoms with Crippen LogP contribution in [0.1, 0.15) is 58.6 Å². The Labute approximate surface area is 156 Å². The van der Waals surface area contributed by atoms with Crippen LogP contribution >= 0.6 is 0 Å². The van der Waals surface area contributed by atoms with Crippen LogP contribution in [0, 0.1) is 11.8 Å². The molecule has 0 radical (unpaired) electrons. The summed E-state index contributed by atoms with van der Waals surface area (Å²) in [5, 5.41) is 8.56. The molecule has 0 bridgehead atoms. The highest BCUT2D eigenvalue weighted by molar-refractivity contribution is 5.82. The summed E-state index contributed by atoms with van der Waals surface area (Å²) in [7, 11) is 0. The van der Waals surface area contributed by atoms with Gasteiger partial charge in [-0.2, -0.15) is 0 Å². The number of carbonyl (C=O) groups excluding carboxylic acids is 1. The van der Waals surface area contributed by atoms with Gasteiger partial charge in [0.15, 0.2) is 0 Å². The zero-order valence-electron chi connectivity index (χ0n) is 16.4. The third-order valence-electron chi connectivity index (χ3n) is 5.40. The number of hydrogen-bond acceptors (Lipinski definition) is 5. The van der Waals surface area contributed by atoms with Crippen molar-refractivity contribution in [2.75, 3.05) is 13.1 Å². The summed E-state index contributed by atoms with van der Waals surface area (Å²) >= 11 is 0. The lowest BCUT2D eigenvalue weighted by atomic mass is 9.96. The predicted octanol–water partition coefficient (Wildman–Crippen LogP) is 1.75. The lowest BCUT2D eigenvalue weighted by molar-refractivity contribution is -0.135. The molecule has 0 spiro atoms. The SMILES string of the molecule is CCCC1CC(C(=O)N2CCCC(Cn3cc(CC(C)C)nn3)C2)NN1. The van der Waals surface area contributed by atoms with Gasteiger partial charge in [0, 0.05) is 31.9 Å². The van der Waals surface area contributed by atoms with Crippen molar-refractivity contribution in [3.8, 4) is 0 Å². The molecule has 2 saturated heterocycles. The van der Waals surface area contributed by atoms with E-state index in [2.05, 4.69) is 48.1 Å². The van der Waals surface area contributed by atoms with Gasteiger partial charge in [-0.3, -0.25) is 14.9 Å². The van der Waals surface area contributed by atoms with Crippen LogP contribution < -0.4 is 10.9 Å². The van der Waals surface area contributed by atoms with Gasteiger partial charge in [-0.05, 0) is 43.9 Å². The molecule has 0 aliphatic carbocycles. The number of nitrogens with zero attached hydrogens (tertiary/aromatic N) is 4. The quantitative estimate of drug-likeness (QED) is 0.773. The lowest BCUT2D eigenvalue weighted by Crippen LogP contribution is -2.49. The van der Waals surface area contributed by atoms with E-state index in [-0.39, 0.29) is 11.9 Å². The highest BCUT2D eigenvalue weighted by Gasteiger charge is 2.33. The zero-order valence-corrected chi connectivity index (χ0v) is 16.4. The maximum Gasteiger partial charge on any atom is 0.241 e. The molecule has 146 valence electrons. The first kappa shape index (κ1) is 19.3. The molecule has 1 aromatic heterocycles. The number of amides is 1. The first-order chi connectivity index (χ1) is 12.5. The molecule has 3 heterocycles. The summed E-state index contributed by atoms with van der Waals surface area (Å²) < 4.78 is 1.96. The normalized spacial score (nSPS) is 26.6. The first-order valence-electron chi connectivity index (χ1n) is 10.2. The average Bonchev–Trinajstić information content (AvgIpc) is 3.24. The minimum absolute atomic E-state index is 0.0747. The molecule has 0 aromatic carbocycles. The van der Waals surface area contributed by atoms with E-state index >= 15 is 0 Å². The Morgan fingerprint density at radius 2 is 2.23 bits per heavy atom. The van der Waals surface area contributed by atoms with E-state index in [9.17, 15) is 4.79 Å². The van der Waals surface area contributed by atoms with Crippen LogP contribution in [0.5, 0.6) is 0 Å². The highest BCUT2D eigenvalue weighted by atomic mass is 16.2. The second-order valence-corrected chi connectivity index (χ2v) is 8.38. The van der Waals surface area contributed by atoms with Gasteiger partial charge in [0.25, 0.3) is 0 Å². The Kier molecular flexibility index (Phi) is 6.64. The molecule has 1 aromatic rings. The molecule has 7 heteroatoms. The van der Waals surface area contributed by atoms with E-state index in [0.717, 1.165) is 63.9 Å². The fourth-order valence-electron chi connectivity index (χ4n) is 4.16. The van der Waals surface area contributed by atoms with Crippen molar-refractivity contribution in [1.82, 2.24) is 30.7 Å². The second kappa shape index (κ2) is 8.95. The number of aromatic nitrogens is 3. The van der Waals surface area contributed by atoms with Gasteiger partial charge >= 0.3 is 0 Å². The van der Waals surface area contributed by atoms with Gasteiger partial charge in [0.05, 0.1) is 5.69 Å². The Morgan fingerprint density at radius 1 is 1.38 bits per heavy atom. The molecule has 26 heavy (non-hydrogen) atoms. The number of piperidine rings is 1. The minimum atomic E-state index is -0.0747. The second-order valence-electron chi connectivity index (χ2n) is 8.38. The fraction of sp³-hybridized carbons (Fsp3) is 0.842. The van der Waals surface area contributed by atoms with Crippen LogP contribution in [-0.2, 0) is 17.8 Å². The smallest absolute Gasteiger partial charge is 0.241 e. The van der Waals surface area contributed by atoms with Crippen LogP contribution in [0.25, 0.3) is 0 Å². The molecular weight excluding hydrogens is 328 g/mol. The van der Waals surface area contributed by atoms with E-state index in [4.69, 9.17) is 0 Å². The van der Waals surface area contributed by atoms with Crippen molar-refractivity contribution in [3.63, 3.8) is 0 Å². The summed E-state index contributed by atoms with van der Waals surface area (Å²) in [5.74, 6) is 1.30. The van der Waals surface area contributed by atoms with Crippen LogP contribution in [0.4, 0.5) is 0 Å². The van der Waals surface area contributed by atoms with Crippen molar-refractivity contribution in [1.29, 1.82) is 0 Å². The van der Waals surface area contributed by atoms with Crippen LogP contribution in [0.3, 0.4) is 0 Å². The Balaban J connectivity index is 1.51. The van der Waals surface area contributed by atoms with Gasteiger partial charge < -0.3 is 4.90 Å². The third-order valence-corrected chi connectivity index (χ3v) is 5.40. The summed E-state index contributed by atoms with van der Waals surface area (Å²) in [6, 6.07) is 0.346. The van der Waals surface area contributed by atoms with Crippen LogP contribution in [0.15, 0.2) is 6.20 Å². The maximum absolute atomic E-state index is 12.9. The maximum atomic E-state index is 12.9. The van der Waals surface area contributed by atoms with Gasteiger partial charge in [0.1, 0.15) is 6.04 Å². The molecule has 0 saturated carbocycles. The monoisotopic (exact) mass is 362 g/mol. The predicted molar refractivity (Wildman–Crippen MR) is 101 cm³/mol. The number of likely N-dealkylation sites (tertiary alicyclic amines) is 1. The summed E-state index contributed by atoms with van der Waals surface area (Å²) in [6.07, 6.45) is 8.41. The molecule has 3 rings (SSSR count). The van der Waals surface area contributed by atoms with Crippen molar-refractivity contribution in [2.45, 2.75) is 77.9 Å². The Bertz CT molecular complexity index is 586. The molecule has 1 amide bonds. The van der Waals surface area contributed by atoms with Crippen molar-refractivity contribution >= 4 is 5.91 Å². The topological polar surface area (TPSA) is 75.1 Å². The number of hydrazine groups is 1. The van der Waals surface area contributed by atoms with Gasteiger partial charge in [-0.1, -0.05) is 32.4 Å². The van der Waals surface area contributed by atoms with Gasteiger partial charge in [-0.15, -0.1) is 5.10 Å². The zero-order chi connectivity index (χ0) is 18.5. The molecule has 2 N–H and O–H groups in total. The van der Waals surface area contributed by atoms with E-state index in [1.807, 2.05) is 9.58 Å². The van der Waals surface area contributed by atoms with Crippen LogP contribution in [-0.4, -0.2) is 51.0 Å². The molecule has 7 nitrogen and oxygen atoms in total. The molecular formula is C19H34N6O. The van der Waals surface area contributed by atoms with Crippen molar-refractivity contribution in [3.05, 3.63) is 11.9 Å². The summed E-state index contributed by atoms with van der Waals surface area (Å²) in [6.45, 7) is 9.13. The highest BCUT2D eigenvalue weighted by Crippen LogP contribution is 2.21. The molecule has 3 unspecified atom stereocenters. The minimum Gasteiger partial charge on any atom is -0.341 e. The van der Waals surface area contributed by atoms with E-state index < -0.39 is 0 Å². The molecule has 3 atom stereocenters. The van der Waals surface area contributed by atoms with Gasteiger partial charge in [0.2, 0.25) is 5.91 Å². The molecule has 2 aliphatic heterocycles. The van der Waals surface area contributed by atoms with Crippen LogP contribution in [0.2, 0.25) is 0 Å². The average molecular weight is 363 g/mol. The van der Waals surface area contributed by atoms with Crippen molar-refractivity contribution < 1.29 is 4.79 Å². The fourth-order valence-corrected chi connectivity index (χ4v) is 4.16. The summed E-state index contributed by atoms with van der Waals surface area (Å²) in [4.78, 5) is 14.9. The lowest BCUT2D eigenvalue weighted by Gasteiger charge is -2.34. The number of rotatable bonds is 7. The summed E-state index contributed by atoms with van der Waals surface area (Å²) in [5.41, 5.74) is 7.54. The molecule has 2 fully saturated rings. The van der Waals surface area contributed by atoms with Gasteiger partial charge in [-0.25, -0.2) is 5.43 Å².